The number of anilines is 1. The van der Waals surface area contributed by atoms with Gasteiger partial charge in [-0.1, -0.05) is 0 Å². The monoisotopic (exact) mass is 323 g/mol. The molecule has 1 heterocycles. The molecular formula is C12H16F3N3O2S. The fourth-order valence-electron chi connectivity index (χ4n) is 2.15. The van der Waals surface area contributed by atoms with E-state index >= 15 is 0 Å². The zero-order valence-electron chi connectivity index (χ0n) is 11.7. The van der Waals surface area contributed by atoms with Crippen LogP contribution in [0.2, 0.25) is 0 Å². The van der Waals surface area contributed by atoms with Crippen LogP contribution < -0.4 is 4.90 Å². The van der Waals surface area contributed by atoms with Crippen LogP contribution in [0, 0.1) is 17.5 Å². The Morgan fingerprint density at radius 1 is 1.00 bits per heavy atom. The smallest absolute Gasteiger partial charge is 0.281 e. The van der Waals surface area contributed by atoms with Crippen LogP contribution in [0.15, 0.2) is 12.1 Å². The van der Waals surface area contributed by atoms with Crippen LogP contribution in [0.4, 0.5) is 18.9 Å². The molecule has 1 aromatic rings. The summed E-state index contributed by atoms with van der Waals surface area (Å²) in [6.07, 6.45) is 0. The molecule has 5 nitrogen and oxygen atoms in total. The maximum atomic E-state index is 13.7. The van der Waals surface area contributed by atoms with Crippen molar-refractivity contribution >= 4 is 15.9 Å². The van der Waals surface area contributed by atoms with E-state index in [1.165, 1.54) is 23.3 Å². The summed E-state index contributed by atoms with van der Waals surface area (Å²) in [5.74, 6) is -4.01. The lowest BCUT2D eigenvalue weighted by Crippen LogP contribution is -2.51. The van der Waals surface area contributed by atoms with Crippen molar-refractivity contribution in [1.29, 1.82) is 0 Å². The highest BCUT2D eigenvalue weighted by atomic mass is 32.2. The van der Waals surface area contributed by atoms with E-state index in [1.54, 1.807) is 0 Å². The first-order valence-electron chi connectivity index (χ1n) is 6.31. The Morgan fingerprint density at radius 3 is 2.10 bits per heavy atom. The first kappa shape index (κ1) is 16.1. The van der Waals surface area contributed by atoms with Gasteiger partial charge in [-0.25, -0.2) is 13.2 Å². The highest BCUT2D eigenvalue weighted by Crippen LogP contribution is 2.25. The molecule has 118 valence electrons. The average Bonchev–Trinajstić information content (AvgIpc) is 2.45. The van der Waals surface area contributed by atoms with E-state index in [-0.39, 0.29) is 31.9 Å². The van der Waals surface area contributed by atoms with Crippen LogP contribution in [0.5, 0.6) is 0 Å². The van der Waals surface area contributed by atoms with Gasteiger partial charge in [0.1, 0.15) is 0 Å². The summed E-state index contributed by atoms with van der Waals surface area (Å²) >= 11 is 0. The molecule has 0 spiro atoms. The van der Waals surface area contributed by atoms with Gasteiger partial charge in [0, 0.05) is 40.3 Å². The van der Waals surface area contributed by atoms with Crippen molar-refractivity contribution < 1.29 is 21.6 Å². The van der Waals surface area contributed by atoms with Gasteiger partial charge < -0.3 is 4.90 Å². The number of halogens is 3. The second-order valence-electron chi connectivity index (χ2n) is 4.87. The molecule has 1 fully saturated rings. The Morgan fingerprint density at radius 2 is 1.57 bits per heavy atom. The molecule has 1 aromatic carbocycles. The van der Waals surface area contributed by atoms with Crippen molar-refractivity contribution in [1.82, 2.24) is 8.61 Å². The molecule has 0 saturated carbocycles. The lowest BCUT2D eigenvalue weighted by atomic mass is 10.2. The molecule has 1 aliphatic rings. The van der Waals surface area contributed by atoms with Crippen molar-refractivity contribution in [3.05, 3.63) is 29.6 Å². The van der Waals surface area contributed by atoms with E-state index in [1.807, 2.05) is 0 Å². The SMILES string of the molecule is CN(C)S(=O)(=O)N1CCN(c2ccc(F)c(F)c2F)CC1. The largest absolute Gasteiger partial charge is 0.366 e. The molecule has 2 rings (SSSR count). The Kier molecular flexibility index (Phi) is 4.45. The molecule has 0 atom stereocenters. The highest BCUT2D eigenvalue weighted by Gasteiger charge is 2.30. The summed E-state index contributed by atoms with van der Waals surface area (Å²) in [6.45, 7) is 0.710. The van der Waals surface area contributed by atoms with E-state index < -0.39 is 27.7 Å². The molecular weight excluding hydrogens is 307 g/mol. The van der Waals surface area contributed by atoms with E-state index in [9.17, 15) is 21.6 Å². The molecule has 0 aromatic heterocycles. The summed E-state index contributed by atoms with van der Waals surface area (Å²) in [4.78, 5) is 1.50. The zero-order chi connectivity index (χ0) is 15.8. The van der Waals surface area contributed by atoms with Gasteiger partial charge in [-0.15, -0.1) is 0 Å². The van der Waals surface area contributed by atoms with Crippen molar-refractivity contribution in [3.8, 4) is 0 Å². The number of rotatable bonds is 3. The van der Waals surface area contributed by atoms with Crippen LogP contribution in [0.3, 0.4) is 0 Å². The summed E-state index contributed by atoms with van der Waals surface area (Å²) in [6, 6.07) is 2.01. The second-order valence-corrected chi connectivity index (χ2v) is 7.01. The Labute approximate surface area is 121 Å². The normalized spacial score (nSPS) is 17.5. The summed E-state index contributed by atoms with van der Waals surface area (Å²) < 4.78 is 66.1. The van der Waals surface area contributed by atoms with Crippen LogP contribution >= 0.6 is 0 Å². The lowest BCUT2D eigenvalue weighted by molar-refractivity contribution is 0.353. The van der Waals surface area contributed by atoms with Crippen LogP contribution in [-0.4, -0.2) is 57.3 Å². The Hall–Kier alpha value is -1.32. The van der Waals surface area contributed by atoms with Gasteiger partial charge >= 0.3 is 0 Å². The molecule has 9 heteroatoms. The number of nitrogens with zero attached hydrogens (tertiary/aromatic N) is 3. The second kappa shape index (κ2) is 5.82. The molecule has 0 radical (unpaired) electrons. The molecule has 0 unspecified atom stereocenters. The molecule has 21 heavy (non-hydrogen) atoms. The van der Waals surface area contributed by atoms with Crippen LogP contribution in [0.25, 0.3) is 0 Å². The minimum atomic E-state index is -3.52. The van der Waals surface area contributed by atoms with Crippen molar-refractivity contribution in [2.75, 3.05) is 45.2 Å². The third-order valence-corrected chi connectivity index (χ3v) is 5.32. The van der Waals surface area contributed by atoms with E-state index in [2.05, 4.69) is 0 Å². The predicted molar refractivity (Wildman–Crippen MR) is 72.7 cm³/mol. The van der Waals surface area contributed by atoms with Gasteiger partial charge in [0.15, 0.2) is 17.5 Å². The topological polar surface area (TPSA) is 43.9 Å². The van der Waals surface area contributed by atoms with Crippen LogP contribution in [0.1, 0.15) is 0 Å². The van der Waals surface area contributed by atoms with Crippen molar-refractivity contribution in [2.24, 2.45) is 0 Å². The van der Waals surface area contributed by atoms with Gasteiger partial charge in [-0.2, -0.15) is 17.0 Å². The zero-order valence-corrected chi connectivity index (χ0v) is 12.5. The fraction of sp³-hybridized carbons (Fsp3) is 0.500. The fourth-order valence-corrected chi connectivity index (χ4v) is 3.24. The minimum absolute atomic E-state index is 0.0594. The van der Waals surface area contributed by atoms with Gasteiger partial charge in [0.05, 0.1) is 5.69 Å². The van der Waals surface area contributed by atoms with E-state index in [4.69, 9.17) is 0 Å². The standard InChI is InChI=1S/C12H16F3N3O2S/c1-16(2)21(19,20)18-7-5-17(6-8-18)10-4-3-9(13)11(14)12(10)15/h3-4H,5-8H2,1-2H3. The first-order chi connectivity index (χ1) is 9.75. The number of hydrogen-bond acceptors (Lipinski definition) is 3. The van der Waals surface area contributed by atoms with Gasteiger partial charge in [-0.3, -0.25) is 0 Å². The third kappa shape index (κ3) is 2.99. The number of hydrogen-bond donors (Lipinski definition) is 0. The summed E-state index contributed by atoms with van der Waals surface area (Å²) in [5, 5.41) is 0. The van der Waals surface area contributed by atoms with Crippen LogP contribution in [-0.2, 0) is 10.2 Å². The van der Waals surface area contributed by atoms with Gasteiger partial charge in [0.25, 0.3) is 10.2 Å². The molecule has 0 aliphatic carbocycles. The maximum absolute atomic E-state index is 13.7. The summed E-state index contributed by atoms with van der Waals surface area (Å²) in [7, 11) is -0.664. The lowest BCUT2D eigenvalue weighted by Gasteiger charge is -2.36. The Bertz CT molecular complexity index is 629. The van der Waals surface area contributed by atoms with Crippen molar-refractivity contribution in [2.45, 2.75) is 0 Å². The third-order valence-electron chi connectivity index (χ3n) is 3.38. The Balaban J connectivity index is 2.14. The first-order valence-corrected chi connectivity index (χ1v) is 7.71. The minimum Gasteiger partial charge on any atom is -0.366 e. The maximum Gasteiger partial charge on any atom is 0.281 e. The number of piperazine rings is 1. The van der Waals surface area contributed by atoms with E-state index in [0.29, 0.717) is 0 Å². The summed E-state index contributed by atoms with van der Waals surface area (Å²) in [5.41, 5.74) is -0.0594. The van der Waals surface area contributed by atoms with E-state index in [0.717, 1.165) is 16.4 Å². The molecule has 1 aliphatic heterocycles. The van der Waals surface area contributed by atoms with Crippen molar-refractivity contribution in [3.63, 3.8) is 0 Å². The molecule has 1 saturated heterocycles. The average molecular weight is 323 g/mol. The quantitative estimate of drug-likeness (QED) is 0.781. The molecule has 0 amide bonds. The van der Waals surface area contributed by atoms with Gasteiger partial charge in [0.2, 0.25) is 0 Å². The molecule has 0 N–H and O–H groups in total. The predicted octanol–water partition coefficient (Wildman–Crippen LogP) is 1.03. The number of benzene rings is 1. The molecule has 0 bridgehead atoms. The van der Waals surface area contributed by atoms with Gasteiger partial charge in [-0.05, 0) is 12.1 Å². The highest BCUT2D eigenvalue weighted by molar-refractivity contribution is 7.86.